The van der Waals surface area contributed by atoms with Crippen molar-refractivity contribution in [2.24, 2.45) is 5.92 Å². The minimum atomic E-state index is -0.366. The number of aromatic nitrogens is 1. The molecule has 0 spiro atoms. The van der Waals surface area contributed by atoms with E-state index >= 15 is 0 Å². The first-order chi connectivity index (χ1) is 7.61. The molecule has 4 heteroatoms. The van der Waals surface area contributed by atoms with Crippen LogP contribution in [-0.4, -0.2) is 17.1 Å². The highest BCUT2D eigenvalue weighted by Crippen LogP contribution is 2.34. The summed E-state index contributed by atoms with van der Waals surface area (Å²) in [5.74, 6) is 2.56. The van der Waals surface area contributed by atoms with Gasteiger partial charge in [-0.1, -0.05) is 5.92 Å². The van der Waals surface area contributed by atoms with Crippen LogP contribution in [0.5, 0.6) is 0 Å². The standard InChI is InChI=1S/C12H13NO2S/c1-4-10(9-5-6-9)15-12(14)11-7(2)13-8(3)16-11/h1,9-10H,5-6H2,2-3H3/t10-/m1/s1. The monoisotopic (exact) mass is 235 g/mol. The number of thiazole rings is 1. The Bertz CT molecular complexity index is 454. The summed E-state index contributed by atoms with van der Waals surface area (Å²) < 4.78 is 5.30. The molecule has 0 aromatic carbocycles. The maximum atomic E-state index is 11.8. The molecule has 1 saturated carbocycles. The average molecular weight is 235 g/mol. The predicted octanol–water partition coefficient (Wildman–Crippen LogP) is 2.33. The fourth-order valence-electron chi connectivity index (χ4n) is 1.55. The Morgan fingerprint density at radius 2 is 2.31 bits per heavy atom. The highest BCUT2D eigenvalue weighted by Gasteiger charge is 2.33. The van der Waals surface area contributed by atoms with Gasteiger partial charge < -0.3 is 4.74 Å². The van der Waals surface area contributed by atoms with Crippen molar-refractivity contribution in [1.29, 1.82) is 0 Å². The van der Waals surface area contributed by atoms with E-state index in [0.717, 1.165) is 23.5 Å². The average Bonchev–Trinajstić information content (AvgIpc) is 3.01. The summed E-state index contributed by atoms with van der Waals surface area (Å²) in [5, 5.41) is 0.869. The second-order valence-corrected chi connectivity index (χ2v) is 5.18. The molecule has 0 radical (unpaired) electrons. The number of hydrogen-bond acceptors (Lipinski definition) is 4. The van der Waals surface area contributed by atoms with Crippen LogP contribution in [0.3, 0.4) is 0 Å². The van der Waals surface area contributed by atoms with Crippen molar-refractivity contribution >= 4 is 17.3 Å². The molecule has 1 aromatic heterocycles. The van der Waals surface area contributed by atoms with Crippen molar-refractivity contribution in [3.05, 3.63) is 15.6 Å². The van der Waals surface area contributed by atoms with Gasteiger partial charge in [0, 0.05) is 5.92 Å². The molecule has 0 amide bonds. The first-order valence-electron chi connectivity index (χ1n) is 5.23. The van der Waals surface area contributed by atoms with Gasteiger partial charge in [-0.15, -0.1) is 17.8 Å². The summed E-state index contributed by atoms with van der Waals surface area (Å²) in [4.78, 5) is 16.6. The summed E-state index contributed by atoms with van der Waals surface area (Å²) in [6.45, 7) is 3.68. The minimum absolute atomic E-state index is 0.335. The third-order valence-corrected chi connectivity index (χ3v) is 3.59. The highest BCUT2D eigenvalue weighted by molar-refractivity contribution is 7.13. The van der Waals surface area contributed by atoms with Gasteiger partial charge in [-0.25, -0.2) is 9.78 Å². The van der Waals surface area contributed by atoms with E-state index in [0.29, 0.717) is 10.8 Å². The van der Waals surface area contributed by atoms with Gasteiger partial charge in [-0.05, 0) is 26.7 Å². The summed E-state index contributed by atoms with van der Waals surface area (Å²) in [7, 11) is 0. The molecule has 3 nitrogen and oxygen atoms in total. The lowest BCUT2D eigenvalue weighted by molar-refractivity contribution is 0.0379. The predicted molar refractivity (Wildman–Crippen MR) is 62.3 cm³/mol. The molecule has 1 atom stereocenters. The molecule has 0 bridgehead atoms. The number of nitrogens with zero attached hydrogens (tertiary/aromatic N) is 1. The topological polar surface area (TPSA) is 39.2 Å². The minimum Gasteiger partial charge on any atom is -0.445 e. The van der Waals surface area contributed by atoms with Gasteiger partial charge in [0.25, 0.3) is 0 Å². The molecular weight excluding hydrogens is 222 g/mol. The van der Waals surface area contributed by atoms with Gasteiger partial charge in [-0.2, -0.15) is 0 Å². The lowest BCUT2D eigenvalue weighted by Crippen LogP contribution is -2.18. The number of rotatable bonds is 3. The third kappa shape index (κ3) is 2.25. The number of carbonyl (C=O) groups excluding carboxylic acids is 1. The molecule has 0 unspecified atom stereocenters. The van der Waals surface area contributed by atoms with Crippen molar-refractivity contribution in [1.82, 2.24) is 4.98 Å². The van der Waals surface area contributed by atoms with Crippen molar-refractivity contribution in [3.63, 3.8) is 0 Å². The molecule has 84 valence electrons. The SMILES string of the molecule is C#C[C@@H](OC(=O)c1sc(C)nc1C)C1CC1. The second-order valence-electron chi connectivity index (χ2n) is 3.98. The van der Waals surface area contributed by atoms with Crippen molar-refractivity contribution in [2.75, 3.05) is 0 Å². The molecule has 16 heavy (non-hydrogen) atoms. The van der Waals surface area contributed by atoms with E-state index in [1.165, 1.54) is 11.3 Å². The smallest absolute Gasteiger partial charge is 0.351 e. The Morgan fingerprint density at radius 1 is 1.62 bits per heavy atom. The van der Waals surface area contributed by atoms with Gasteiger partial charge in [-0.3, -0.25) is 0 Å². The third-order valence-electron chi connectivity index (χ3n) is 2.54. The van der Waals surface area contributed by atoms with Gasteiger partial charge in [0.05, 0.1) is 10.7 Å². The summed E-state index contributed by atoms with van der Waals surface area (Å²) in [6, 6.07) is 0. The Kier molecular flexibility index (Phi) is 2.97. The summed E-state index contributed by atoms with van der Waals surface area (Å²) in [5.41, 5.74) is 0.721. The van der Waals surface area contributed by atoms with Crippen LogP contribution in [-0.2, 0) is 4.74 Å². The van der Waals surface area contributed by atoms with Crippen molar-refractivity contribution < 1.29 is 9.53 Å². The number of terminal acetylenes is 1. The largest absolute Gasteiger partial charge is 0.445 e. The number of carbonyl (C=O) groups is 1. The van der Waals surface area contributed by atoms with Crippen molar-refractivity contribution in [3.8, 4) is 12.3 Å². The molecule has 1 aromatic rings. The normalized spacial score (nSPS) is 16.6. The Labute approximate surface area is 98.8 Å². The summed E-state index contributed by atoms with van der Waals surface area (Å²) >= 11 is 1.35. The number of aryl methyl sites for hydroxylation is 2. The lowest BCUT2D eigenvalue weighted by Gasteiger charge is -2.10. The van der Waals surface area contributed by atoms with Crippen LogP contribution in [0.4, 0.5) is 0 Å². The van der Waals surface area contributed by atoms with Crippen LogP contribution in [0, 0.1) is 32.1 Å². The van der Waals surface area contributed by atoms with E-state index in [2.05, 4.69) is 10.9 Å². The number of hydrogen-bond donors (Lipinski definition) is 0. The van der Waals surface area contributed by atoms with Crippen molar-refractivity contribution in [2.45, 2.75) is 32.8 Å². The maximum absolute atomic E-state index is 11.8. The molecular formula is C12H13NO2S. The summed E-state index contributed by atoms with van der Waals surface area (Å²) in [6.07, 6.45) is 7.09. The molecule has 0 N–H and O–H groups in total. The number of esters is 1. The van der Waals surface area contributed by atoms with Crippen LogP contribution in [0.2, 0.25) is 0 Å². The fourth-order valence-corrected chi connectivity index (χ4v) is 2.36. The van der Waals surface area contributed by atoms with Crippen LogP contribution in [0.1, 0.15) is 33.2 Å². The van der Waals surface area contributed by atoms with Gasteiger partial charge >= 0.3 is 5.97 Å². The Morgan fingerprint density at radius 3 is 2.75 bits per heavy atom. The zero-order valence-corrected chi connectivity index (χ0v) is 10.1. The van der Waals surface area contributed by atoms with Gasteiger partial charge in [0.1, 0.15) is 4.88 Å². The van der Waals surface area contributed by atoms with E-state index in [9.17, 15) is 4.79 Å². The first kappa shape index (κ1) is 11.2. The molecule has 0 saturated heterocycles. The van der Waals surface area contributed by atoms with Gasteiger partial charge in [0.15, 0.2) is 6.10 Å². The highest BCUT2D eigenvalue weighted by atomic mass is 32.1. The van der Waals surface area contributed by atoms with Crippen LogP contribution in [0.15, 0.2) is 0 Å². The molecule has 1 aliphatic rings. The maximum Gasteiger partial charge on any atom is 0.351 e. The molecule has 2 rings (SSSR count). The Hall–Kier alpha value is -1.34. The fraction of sp³-hybridized carbons (Fsp3) is 0.500. The molecule has 1 heterocycles. The van der Waals surface area contributed by atoms with E-state index in [4.69, 9.17) is 11.2 Å². The van der Waals surface area contributed by atoms with Gasteiger partial charge in [0.2, 0.25) is 0 Å². The van der Waals surface area contributed by atoms with E-state index in [1.54, 1.807) is 0 Å². The van der Waals surface area contributed by atoms with E-state index in [-0.39, 0.29) is 12.1 Å². The quantitative estimate of drug-likeness (QED) is 0.596. The van der Waals surface area contributed by atoms with Crippen LogP contribution in [0.25, 0.3) is 0 Å². The zero-order valence-electron chi connectivity index (χ0n) is 9.32. The second kappa shape index (κ2) is 4.26. The number of ether oxygens (including phenoxy) is 1. The van der Waals surface area contributed by atoms with Crippen LogP contribution >= 0.6 is 11.3 Å². The molecule has 1 fully saturated rings. The van der Waals surface area contributed by atoms with E-state index < -0.39 is 0 Å². The lowest BCUT2D eigenvalue weighted by atomic mass is 10.2. The zero-order chi connectivity index (χ0) is 11.7. The van der Waals surface area contributed by atoms with E-state index in [1.807, 2.05) is 13.8 Å². The molecule has 0 aliphatic heterocycles. The Balaban J connectivity index is 2.08. The molecule has 1 aliphatic carbocycles. The van der Waals surface area contributed by atoms with Crippen LogP contribution < -0.4 is 0 Å². The first-order valence-corrected chi connectivity index (χ1v) is 6.04.